The summed E-state index contributed by atoms with van der Waals surface area (Å²) in [5.41, 5.74) is 1.80. The van der Waals surface area contributed by atoms with Crippen LogP contribution < -0.4 is 9.21 Å². The van der Waals surface area contributed by atoms with Crippen LogP contribution in [0.2, 0.25) is 0 Å². The third-order valence-electron chi connectivity index (χ3n) is 5.65. The van der Waals surface area contributed by atoms with Crippen molar-refractivity contribution in [2.75, 3.05) is 22.3 Å². The fourth-order valence-electron chi connectivity index (χ4n) is 4.29. The lowest BCUT2D eigenvalue weighted by Crippen LogP contribution is -2.43. The molecule has 9 heteroatoms. The van der Waals surface area contributed by atoms with Crippen LogP contribution >= 0.6 is 0 Å². The van der Waals surface area contributed by atoms with Gasteiger partial charge in [0.15, 0.2) is 0 Å². The van der Waals surface area contributed by atoms with Crippen LogP contribution in [0.15, 0.2) is 59.5 Å². The van der Waals surface area contributed by atoms with Crippen molar-refractivity contribution in [3.05, 3.63) is 70.3 Å². The molecule has 0 fully saturated rings. The molecule has 2 aliphatic rings. The molecule has 0 saturated carbocycles. The van der Waals surface area contributed by atoms with Crippen molar-refractivity contribution < 1.29 is 18.1 Å². The fourth-order valence-corrected chi connectivity index (χ4v) is 5.95. The summed E-state index contributed by atoms with van der Waals surface area (Å²) in [5, 5.41) is 12.5. The molecule has 1 amide bonds. The first-order valence-corrected chi connectivity index (χ1v) is 10.9. The van der Waals surface area contributed by atoms with E-state index in [4.69, 9.17) is 0 Å². The van der Waals surface area contributed by atoms with Gasteiger partial charge in [-0.25, -0.2) is 8.42 Å². The summed E-state index contributed by atoms with van der Waals surface area (Å²) < 4.78 is 27.4. The highest BCUT2D eigenvalue weighted by Gasteiger charge is 2.38. The Hall–Kier alpha value is -3.46. The summed E-state index contributed by atoms with van der Waals surface area (Å²) in [6.45, 7) is 0.112. The second-order valence-electron chi connectivity index (χ2n) is 7.36. The first-order valence-electron chi connectivity index (χ1n) is 9.50. The van der Waals surface area contributed by atoms with Crippen molar-refractivity contribution in [1.29, 1.82) is 0 Å². The maximum absolute atomic E-state index is 13.2. The third kappa shape index (κ3) is 2.66. The van der Waals surface area contributed by atoms with Gasteiger partial charge in [-0.05, 0) is 42.0 Å². The highest BCUT2D eigenvalue weighted by Crippen LogP contribution is 2.42. The summed E-state index contributed by atoms with van der Waals surface area (Å²) in [5.74, 6) is -0.363. The molecule has 0 saturated heterocycles. The number of nitro benzene ring substituents is 1. The number of anilines is 2. The number of aryl methyl sites for hydroxylation is 1. The average Bonchev–Trinajstić information content (AvgIpc) is 2.96. The second kappa shape index (κ2) is 6.53. The molecule has 3 aromatic rings. The number of hydrogen-bond donors (Lipinski definition) is 0. The monoisotopic (exact) mass is 423 g/mol. The van der Waals surface area contributed by atoms with Gasteiger partial charge in [0.25, 0.3) is 15.7 Å². The third-order valence-corrected chi connectivity index (χ3v) is 7.46. The molecule has 30 heavy (non-hydrogen) atoms. The normalized spacial score (nSPS) is 16.5. The van der Waals surface area contributed by atoms with E-state index in [1.165, 1.54) is 17.0 Å². The Bertz CT molecular complexity index is 1330. The van der Waals surface area contributed by atoms with Crippen LogP contribution in [0.1, 0.15) is 12.0 Å². The Labute approximate surface area is 172 Å². The molecular formula is C21H17N3O5S. The van der Waals surface area contributed by atoms with Gasteiger partial charge in [-0.2, -0.15) is 0 Å². The molecular weight excluding hydrogens is 406 g/mol. The van der Waals surface area contributed by atoms with E-state index in [1.807, 2.05) is 12.1 Å². The maximum atomic E-state index is 13.2. The largest absolute Gasteiger partial charge is 0.311 e. The number of nitrogens with zero attached hydrogens (tertiary/aromatic N) is 3. The van der Waals surface area contributed by atoms with Crippen LogP contribution in [0.25, 0.3) is 10.8 Å². The minimum atomic E-state index is -3.83. The molecule has 2 heterocycles. The smallest absolute Gasteiger partial charge is 0.269 e. The second-order valence-corrected chi connectivity index (χ2v) is 9.19. The summed E-state index contributed by atoms with van der Waals surface area (Å²) in [7, 11) is -3.83. The topological polar surface area (TPSA) is 101 Å². The lowest BCUT2D eigenvalue weighted by atomic mass is 10.0. The van der Waals surface area contributed by atoms with E-state index in [0.717, 1.165) is 15.3 Å². The fraction of sp³-hybridized carbons (Fsp3) is 0.190. The molecule has 0 bridgehead atoms. The lowest BCUT2D eigenvalue weighted by molar-refractivity contribution is -0.384. The summed E-state index contributed by atoms with van der Waals surface area (Å²) in [4.78, 5) is 25.5. The van der Waals surface area contributed by atoms with E-state index in [9.17, 15) is 23.3 Å². The SMILES string of the molecule is O=C(CN1c2cccc3cccc(c23)S1(=O)=O)N1CCCc2cc([N+](=O)[O-])ccc21. The van der Waals surface area contributed by atoms with Crippen molar-refractivity contribution in [3.8, 4) is 0 Å². The summed E-state index contributed by atoms with van der Waals surface area (Å²) in [6.07, 6.45) is 1.29. The molecule has 0 spiro atoms. The number of carbonyl (C=O) groups excluding carboxylic acids is 1. The van der Waals surface area contributed by atoms with Crippen molar-refractivity contribution in [1.82, 2.24) is 0 Å². The van der Waals surface area contributed by atoms with E-state index >= 15 is 0 Å². The van der Waals surface area contributed by atoms with Gasteiger partial charge in [0.2, 0.25) is 5.91 Å². The molecule has 0 unspecified atom stereocenters. The quantitative estimate of drug-likeness (QED) is 0.476. The van der Waals surface area contributed by atoms with E-state index in [2.05, 4.69) is 0 Å². The zero-order valence-electron chi connectivity index (χ0n) is 15.8. The predicted molar refractivity (Wildman–Crippen MR) is 112 cm³/mol. The van der Waals surface area contributed by atoms with Crippen molar-refractivity contribution in [2.45, 2.75) is 17.7 Å². The van der Waals surface area contributed by atoms with Crippen LogP contribution in [-0.4, -0.2) is 32.3 Å². The lowest BCUT2D eigenvalue weighted by Gasteiger charge is -2.31. The van der Waals surface area contributed by atoms with Gasteiger partial charge in [0.05, 0.1) is 15.5 Å². The molecule has 0 aliphatic carbocycles. The minimum Gasteiger partial charge on any atom is -0.311 e. The molecule has 2 aliphatic heterocycles. The van der Waals surface area contributed by atoms with Crippen LogP contribution in [0, 0.1) is 10.1 Å². The van der Waals surface area contributed by atoms with Gasteiger partial charge in [-0.1, -0.05) is 24.3 Å². The molecule has 0 radical (unpaired) electrons. The van der Waals surface area contributed by atoms with Crippen LogP contribution in [0.3, 0.4) is 0 Å². The Morgan fingerprint density at radius 2 is 1.83 bits per heavy atom. The van der Waals surface area contributed by atoms with Gasteiger partial charge in [-0.3, -0.25) is 19.2 Å². The first kappa shape index (κ1) is 18.6. The molecule has 0 atom stereocenters. The van der Waals surface area contributed by atoms with Crippen molar-refractivity contribution >= 4 is 43.8 Å². The molecule has 0 N–H and O–H groups in total. The highest BCUT2D eigenvalue weighted by atomic mass is 32.2. The van der Waals surface area contributed by atoms with Gasteiger partial charge >= 0.3 is 0 Å². The summed E-state index contributed by atoms with van der Waals surface area (Å²) in [6, 6.07) is 14.8. The van der Waals surface area contributed by atoms with Crippen LogP contribution in [0.5, 0.6) is 0 Å². The molecule has 3 aromatic carbocycles. The van der Waals surface area contributed by atoms with Crippen molar-refractivity contribution in [3.63, 3.8) is 0 Å². The van der Waals surface area contributed by atoms with E-state index in [1.54, 1.807) is 30.3 Å². The van der Waals surface area contributed by atoms with Gasteiger partial charge < -0.3 is 4.90 Å². The standard InChI is InChI=1S/C21H17N3O5S/c25-20(22-11-3-6-15-12-16(24(26)27)9-10-17(15)22)13-23-18-7-1-4-14-5-2-8-19(21(14)18)30(23,28)29/h1-2,4-5,7-10,12H,3,6,11,13H2. The van der Waals surface area contributed by atoms with E-state index < -0.39 is 14.9 Å². The Morgan fingerprint density at radius 1 is 1.07 bits per heavy atom. The molecule has 152 valence electrons. The zero-order valence-corrected chi connectivity index (χ0v) is 16.6. The number of carbonyl (C=O) groups is 1. The zero-order chi connectivity index (χ0) is 21.0. The molecule has 8 nitrogen and oxygen atoms in total. The number of sulfonamides is 1. The van der Waals surface area contributed by atoms with Gasteiger partial charge in [0, 0.05) is 29.8 Å². The number of non-ortho nitro benzene ring substituents is 1. The Morgan fingerprint density at radius 3 is 2.60 bits per heavy atom. The number of hydrogen-bond acceptors (Lipinski definition) is 5. The van der Waals surface area contributed by atoms with Gasteiger partial charge in [-0.15, -0.1) is 0 Å². The number of fused-ring (bicyclic) bond motifs is 1. The highest BCUT2D eigenvalue weighted by molar-refractivity contribution is 7.93. The van der Waals surface area contributed by atoms with Crippen molar-refractivity contribution in [2.24, 2.45) is 0 Å². The average molecular weight is 423 g/mol. The van der Waals surface area contributed by atoms with E-state index in [-0.39, 0.29) is 23.0 Å². The minimum absolute atomic E-state index is 0.0210. The summed E-state index contributed by atoms with van der Waals surface area (Å²) >= 11 is 0. The molecule has 5 rings (SSSR count). The van der Waals surface area contributed by atoms with Crippen LogP contribution in [0.4, 0.5) is 17.1 Å². The number of amides is 1. The maximum Gasteiger partial charge on any atom is 0.269 e. The number of benzene rings is 3. The number of rotatable bonds is 3. The predicted octanol–water partition coefficient (Wildman–Crippen LogP) is 3.24. The molecule has 0 aromatic heterocycles. The Kier molecular flexibility index (Phi) is 4.04. The van der Waals surface area contributed by atoms with Crippen LogP contribution in [-0.2, 0) is 21.2 Å². The first-order chi connectivity index (χ1) is 14.4. The van der Waals surface area contributed by atoms with E-state index in [0.29, 0.717) is 36.1 Å². The van der Waals surface area contributed by atoms with Gasteiger partial charge in [0.1, 0.15) is 6.54 Å². The number of nitro groups is 1. The Balaban J connectivity index is 1.51.